The normalized spacial score (nSPS) is 23.4. The number of rotatable bonds is 3. The second-order valence-corrected chi connectivity index (χ2v) is 9.56. The Labute approximate surface area is 180 Å². The summed E-state index contributed by atoms with van der Waals surface area (Å²) in [5, 5.41) is 2.45. The van der Waals surface area contributed by atoms with Crippen LogP contribution in [0, 0.1) is 13.8 Å². The molecule has 148 valence electrons. The molecule has 6 heteroatoms. The third-order valence-electron chi connectivity index (χ3n) is 5.76. The molecule has 3 aromatic rings. The van der Waals surface area contributed by atoms with Gasteiger partial charge in [0.1, 0.15) is 6.04 Å². The van der Waals surface area contributed by atoms with Crippen molar-refractivity contribution in [3.8, 4) is 5.69 Å². The summed E-state index contributed by atoms with van der Waals surface area (Å²) < 4.78 is 2.26. The number of nitrogens with zero attached hydrogens (tertiary/aromatic N) is 4. The van der Waals surface area contributed by atoms with Crippen LogP contribution in [0.5, 0.6) is 0 Å². The van der Waals surface area contributed by atoms with Crippen molar-refractivity contribution in [1.82, 2.24) is 14.5 Å². The molecule has 0 aliphatic carbocycles. The first-order valence-electron chi connectivity index (χ1n) is 9.90. The Bertz CT molecular complexity index is 1090. The number of thioether (sulfide) groups is 1. The molecule has 0 unspecified atom stereocenters. The van der Waals surface area contributed by atoms with Gasteiger partial charge in [0, 0.05) is 29.4 Å². The first-order chi connectivity index (χ1) is 14.0. The molecule has 1 aromatic carbocycles. The monoisotopic (exact) mass is 422 g/mol. The third kappa shape index (κ3) is 3.08. The molecule has 0 bridgehead atoms. The van der Waals surface area contributed by atoms with Crippen LogP contribution in [0.4, 0.5) is 0 Å². The molecule has 2 aliphatic rings. The Hall–Kier alpha value is -2.24. The van der Waals surface area contributed by atoms with Gasteiger partial charge in [-0.15, -0.1) is 0 Å². The van der Waals surface area contributed by atoms with Crippen molar-refractivity contribution in [2.75, 3.05) is 6.54 Å². The lowest BCUT2D eigenvalue weighted by Gasteiger charge is -2.27. The Kier molecular flexibility index (Phi) is 4.67. The van der Waals surface area contributed by atoms with Crippen LogP contribution in [0.2, 0.25) is 5.02 Å². The summed E-state index contributed by atoms with van der Waals surface area (Å²) in [4.78, 5) is 12.2. The highest BCUT2D eigenvalue weighted by Gasteiger charge is 2.44. The summed E-state index contributed by atoms with van der Waals surface area (Å²) >= 11 is 8.41. The number of aliphatic imine (C=N–C) groups is 1. The van der Waals surface area contributed by atoms with Gasteiger partial charge in [0.25, 0.3) is 0 Å². The number of amidine groups is 1. The largest absolute Gasteiger partial charge is 0.341 e. The maximum Gasteiger partial charge on any atom is 0.160 e. The summed E-state index contributed by atoms with van der Waals surface area (Å²) in [7, 11) is 0. The quantitative estimate of drug-likeness (QED) is 0.540. The smallest absolute Gasteiger partial charge is 0.160 e. The van der Waals surface area contributed by atoms with Crippen LogP contribution in [0.25, 0.3) is 5.69 Å². The van der Waals surface area contributed by atoms with E-state index >= 15 is 0 Å². The van der Waals surface area contributed by atoms with E-state index in [1.54, 1.807) is 0 Å². The van der Waals surface area contributed by atoms with Gasteiger partial charge in [-0.2, -0.15) is 0 Å². The molecule has 0 spiro atoms. The van der Waals surface area contributed by atoms with Crippen LogP contribution in [0.1, 0.15) is 41.7 Å². The lowest BCUT2D eigenvalue weighted by atomic mass is 9.96. The van der Waals surface area contributed by atoms with Crippen molar-refractivity contribution >= 4 is 28.5 Å². The fraction of sp³-hybridized carbons (Fsp3) is 0.304. The maximum absolute atomic E-state index is 6.54. The molecular formula is C23H23ClN4S. The Balaban J connectivity index is 1.64. The predicted molar refractivity (Wildman–Crippen MR) is 121 cm³/mol. The van der Waals surface area contributed by atoms with Crippen molar-refractivity contribution in [2.45, 2.75) is 38.1 Å². The van der Waals surface area contributed by atoms with Crippen molar-refractivity contribution in [1.29, 1.82) is 0 Å². The van der Waals surface area contributed by atoms with Crippen molar-refractivity contribution in [3.63, 3.8) is 0 Å². The summed E-state index contributed by atoms with van der Waals surface area (Å²) in [5.41, 5.74) is 5.73. The molecule has 4 heterocycles. The zero-order chi connectivity index (χ0) is 20.1. The zero-order valence-corrected chi connectivity index (χ0v) is 18.3. The molecule has 4 nitrogen and oxygen atoms in total. The van der Waals surface area contributed by atoms with Gasteiger partial charge in [0.2, 0.25) is 0 Å². The van der Waals surface area contributed by atoms with E-state index in [-0.39, 0.29) is 12.1 Å². The van der Waals surface area contributed by atoms with E-state index in [1.807, 2.05) is 48.3 Å². The second kappa shape index (κ2) is 7.22. The fourth-order valence-electron chi connectivity index (χ4n) is 4.54. The number of pyridine rings is 1. The SMILES string of the molecule is Cc1cc([C@@H]2[C@@H](c3ccccn3)N=C3S[C@@H](C)CN32)c(C)n1-c1ccccc1Cl. The molecule has 1 saturated heterocycles. The number of hydrogen-bond donors (Lipinski definition) is 0. The molecule has 2 aromatic heterocycles. The molecule has 0 N–H and O–H groups in total. The zero-order valence-electron chi connectivity index (χ0n) is 16.7. The van der Waals surface area contributed by atoms with Crippen molar-refractivity contribution in [2.24, 2.45) is 4.99 Å². The first-order valence-corrected chi connectivity index (χ1v) is 11.2. The minimum absolute atomic E-state index is 0.00592. The Morgan fingerprint density at radius 3 is 2.66 bits per heavy atom. The van der Waals surface area contributed by atoms with E-state index < -0.39 is 0 Å². The minimum atomic E-state index is 0.00592. The molecule has 5 rings (SSSR count). The van der Waals surface area contributed by atoms with Gasteiger partial charge in [0.15, 0.2) is 5.17 Å². The van der Waals surface area contributed by atoms with Gasteiger partial charge in [-0.3, -0.25) is 9.98 Å². The number of halogens is 1. The van der Waals surface area contributed by atoms with E-state index in [9.17, 15) is 0 Å². The van der Waals surface area contributed by atoms with Crippen molar-refractivity contribution < 1.29 is 0 Å². The van der Waals surface area contributed by atoms with E-state index in [0.717, 1.165) is 28.1 Å². The Morgan fingerprint density at radius 2 is 1.90 bits per heavy atom. The summed E-state index contributed by atoms with van der Waals surface area (Å²) in [5.74, 6) is 0. The molecule has 0 radical (unpaired) electrons. The summed E-state index contributed by atoms with van der Waals surface area (Å²) in [6.07, 6.45) is 1.86. The average Bonchev–Trinajstić information content (AvgIpc) is 3.33. The summed E-state index contributed by atoms with van der Waals surface area (Å²) in [6.45, 7) is 7.61. The van der Waals surface area contributed by atoms with E-state index in [4.69, 9.17) is 16.6 Å². The highest BCUT2D eigenvalue weighted by Crippen LogP contribution is 2.49. The van der Waals surface area contributed by atoms with Crippen LogP contribution < -0.4 is 0 Å². The number of aromatic nitrogens is 2. The number of hydrogen-bond acceptors (Lipinski definition) is 4. The van der Waals surface area contributed by atoms with Gasteiger partial charge >= 0.3 is 0 Å². The predicted octanol–water partition coefficient (Wildman–Crippen LogP) is 5.73. The van der Waals surface area contributed by atoms with Crippen LogP contribution in [-0.2, 0) is 0 Å². The lowest BCUT2D eigenvalue weighted by molar-refractivity contribution is 0.320. The third-order valence-corrected chi connectivity index (χ3v) is 7.19. The number of benzene rings is 1. The van der Waals surface area contributed by atoms with Gasteiger partial charge in [0.05, 0.1) is 22.4 Å². The van der Waals surface area contributed by atoms with E-state index in [1.165, 1.54) is 17.0 Å². The van der Waals surface area contributed by atoms with Crippen LogP contribution in [0.15, 0.2) is 59.7 Å². The van der Waals surface area contributed by atoms with Crippen LogP contribution >= 0.6 is 23.4 Å². The first kappa shape index (κ1) is 18.8. The van der Waals surface area contributed by atoms with Crippen molar-refractivity contribution in [3.05, 3.63) is 82.4 Å². The molecule has 29 heavy (non-hydrogen) atoms. The van der Waals surface area contributed by atoms with E-state index in [0.29, 0.717) is 5.25 Å². The molecule has 0 saturated carbocycles. The minimum Gasteiger partial charge on any atom is -0.341 e. The fourth-order valence-corrected chi connectivity index (χ4v) is 5.86. The number of fused-ring (bicyclic) bond motifs is 1. The Morgan fingerprint density at radius 1 is 1.10 bits per heavy atom. The second-order valence-electron chi connectivity index (χ2n) is 7.75. The molecule has 0 amide bonds. The molecule has 2 aliphatic heterocycles. The highest BCUT2D eigenvalue weighted by atomic mass is 35.5. The topological polar surface area (TPSA) is 33.4 Å². The van der Waals surface area contributed by atoms with Crippen LogP contribution in [0.3, 0.4) is 0 Å². The molecule has 1 fully saturated rings. The maximum atomic E-state index is 6.54. The number of aryl methyl sites for hydroxylation is 1. The van der Waals surface area contributed by atoms with E-state index in [2.05, 4.69) is 53.4 Å². The van der Waals surface area contributed by atoms with Gasteiger partial charge in [-0.1, -0.05) is 48.5 Å². The highest BCUT2D eigenvalue weighted by molar-refractivity contribution is 8.14. The molecule has 3 atom stereocenters. The summed E-state index contributed by atoms with van der Waals surface area (Å²) in [6, 6.07) is 16.6. The van der Waals surface area contributed by atoms with Gasteiger partial charge < -0.3 is 9.47 Å². The van der Waals surface area contributed by atoms with Gasteiger partial charge in [-0.05, 0) is 49.7 Å². The number of para-hydroxylation sites is 1. The van der Waals surface area contributed by atoms with Gasteiger partial charge in [-0.25, -0.2) is 0 Å². The molecular weight excluding hydrogens is 400 g/mol. The lowest BCUT2D eigenvalue weighted by Crippen LogP contribution is -2.28. The van der Waals surface area contributed by atoms with Crippen LogP contribution in [-0.4, -0.2) is 31.4 Å². The average molecular weight is 423 g/mol. The standard InChI is InChI=1S/C23H23ClN4S/c1-14-12-17(16(3)28(14)20-10-5-4-8-18(20)24)22-21(19-9-6-7-11-25-19)26-23-27(22)13-15(2)29-23/h4-12,15,21-22H,13H2,1-3H3/t15-,21+,22+/m0/s1.